The van der Waals surface area contributed by atoms with Gasteiger partial charge < -0.3 is 9.72 Å². The fourth-order valence-corrected chi connectivity index (χ4v) is 2.09. The van der Waals surface area contributed by atoms with Crippen molar-refractivity contribution in [3.63, 3.8) is 0 Å². The van der Waals surface area contributed by atoms with Crippen LogP contribution < -0.4 is 0 Å². The molecular formula is C16H19NO2. The Kier molecular flexibility index (Phi) is 4.05. The Labute approximate surface area is 113 Å². The molecule has 3 nitrogen and oxygen atoms in total. The SMILES string of the molecule is CCOC(=O)c1c(CC=C(C)C)[nH]c2ccccc12. The van der Waals surface area contributed by atoms with Crippen molar-refractivity contribution in [1.82, 2.24) is 4.98 Å². The van der Waals surface area contributed by atoms with Crippen molar-refractivity contribution in [2.45, 2.75) is 27.2 Å². The number of esters is 1. The molecule has 1 N–H and O–H groups in total. The van der Waals surface area contributed by atoms with Crippen molar-refractivity contribution in [3.8, 4) is 0 Å². The second-order valence-electron chi connectivity index (χ2n) is 4.73. The number of ether oxygens (including phenoxy) is 1. The topological polar surface area (TPSA) is 42.1 Å². The number of allylic oxidation sites excluding steroid dienone is 2. The first-order chi connectivity index (χ1) is 9.13. The predicted octanol–water partition coefficient (Wildman–Crippen LogP) is 3.85. The lowest BCUT2D eigenvalue weighted by Gasteiger charge is -2.03. The van der Waals surface area contributed by atoms with Crippen LogP contribution >= 0.6 is 0 Å². The second-order valence-corrected chi connectivity index (χ2v) is 4.73. The highest BCUT2D eigenvalue weighted by Gasteiger charge is 2.18. The molecule has 0 saturated carbocycles. The number of carbonyl (C=O) groups excluding carboxylic acids is 1. The number of nitrogens with one attached hydrogen (secondary N) is 1. The molecule has 0 amide bonds. The average Bonchev–Trinajstić information content (AvgIpc) is 2.74. The molecular weight excluding hydrogens is 238 g/mol. The summed E-state index contributed by atoms with van der Waals surface area (Å²) in [4.78, 5) is 15.4. The number of aromatic nitrogens is 1. The number of rotatable bonds is 4. The van der Waals surface area contributed by atoms with E-state index in [0.29, 0.717) is 18.6 Å². The van der Waals surface area contributed by atoms with Gasteiger partial charge in [0.05, 0.1) is 12.2 Å². The lowest BCUT2D eigenvalue weighted by atomic mass is 10.1. The summed E-state index contributed by atoms with van der Waals surface area (Å²) in [5.74, 6) is -0.253. The molecule has 1 aromatic carbocycles. The van der Waals surface area contributed by atoms with E-state index in [1.54, 1.807) is 0 Å². The maximum Gasteiger partial charge on any atom is 0.340 e. The monoisotopic (exact) mass is 257 g/mol. The van der Waals surface area contributed by atoms with Crippen LogP contribution in [0.4, 0.5) is 0 Å². The molecule has 0 aliphatic rings. The molecule has 0 atom stereocenters. The molecule has 0 radical (unpaired) electrons. The fraction of sp³-hybridized carbons (Fsp3) is 0.312. The second kappa shape index (κ2) is 5.74. The summed E-state index contributed by atoms with van der Waals surface area (Å²) in [5.41, 5.74) is 3.78. The fourth-order valence-electron chi connectivity index (χ4n) is 2.09. The van der Waals surface area contributed by atoms with Gasteiger partial charge in [-0.3, -0.25) is 0 Å². The van der Waals surface area contributed by atoms with E-state index in [2.05, 4.69) is 11.1 Å². The maximum absolute atomic E-state index is 12.1. The zero-order chi connectivity index (χ0) is 13.8. The predicted molar refractivity (Wildman–Crippen MR) is 77.4 cm³/mol. The van der Waals surface area contributed by atoms with Gasteiger partial charge in [-0.05, 0) is 26.8 Å². The standard InChI is InChI=1S/C16H19NO2/c1-4-19-16(18)15-12-7-5-6-8-13(12)17-14(15)10-9-11(2)3/h5-9,17H,4,10H2,1-3H3. The summed E-state index contributed by atoms with van der Waals surface area (Å²) in [6, 6.07) is 7.82. The third-order valence-corrected chi connectivity index (χ3v) is 2.98. The highest BCUT2D eigenvalue weighted by Crippen LogP contribution is 2.24. The third kappa shape index (κ3) is 2.87. The number of H-pyrrole nitrogens is 1. The van der Waals surface area contributed by atoms with Crippen LogP contribution in [-0.4, -0.2) is 17.6 Å². The van der Waals surface area contributed by atoms with E-state index in [-0.39, 0.29) is 5.97 Å². The van der Waals surface area contributed by atoms with Crippen molar-refractivity contribution in [3.05, 3.63) is 47.2 Å². The van der Waals surface area contributed by atoms with Crippen LogP contribution in [0.3, 0.4) is 0 Å². The quantitative estimate of drug-likeness (QED) is 0.667. The highest BCUT2D eigenvalue weighted by atomic mass is 16.5. The van der Waals surface area contributed by atoms with Crippen LogP contribution in [0.25, 0.3) is 10.9 Å². The lowest BCUT2D eigenvalue weighted by molar-refractivity contribution is 0.0527. The van der Waals surface area contributed by atoms with E-state index in [1.165, 1.54) is 5.57 Å². The van der Waals surface area contributed by atoms with Gasteiger partial charge in [0.1, 0.15) is 0 Å². The van der Waals surface area contributed by atoms with Crippen molar-refractivity contribution in [1.29, 1.82) is 0 Å². The van der Waals surface area contributed by atoms with Crippen molar-refractivity contribution in [2.24, 2.45) is 0 Å². The minimum atomic E-state index is -0.253. The molecule has 0 unspecified atom stereocenters. The summed E-state index contributed by atoms with van der Waals surface area (Å²) in [5, 5.41) is 0.929. The summed E-state index contributed by atoms with van der Waals surface area (Å²) in [6.45, 7) is 6.31. The van der Waals surface area contributed by atoms with Gasteiger partial charge in [-0.25, -0.2) is 4.79 Å². The van der Waals surface area contributed by atoms with Crippen molar-refractivity contribution < 1.29 is 9.53 Å². The smallest absolute Gasteiger partial charge is 0.340 e. The molecule has 0 aliphatic heterocycles. The Hall–Kier alpha value is -2.03. The summed E-state index contributed by atoms with van der Waals surface area (Å²) >= 11 is 0. The van der Waals surface area contributed by atoms with Crippen LogP contribution in [0, 0.1) is 0 Å². The zero-order valence-electron chi connectivity index (χ0n) is 11.6. The molecule has 0 saturated heterocycles. The lowest BCUT2D eigenvalue weighted by Crippen LogP contribution is -2.06. The number of para-hydroxylation sites is 1. The first-order valence-corrected chi connectivity index (χ1v) is 6.53. The Morgan fingerprint density at radius 1 is 1.32 bits per heavy atom. The van der Waals surface area contributed by atoms with E-state index in [9.17, 15) is 4.79 Å². The van der Waals surface area contributed by atoms with Crippen molar-refractivity contribution >= 4 is 16.9 Å². The van der Waals surface area contributed by atoms with Gasteiger partial charge in [0.25, 0.3) is 0 Å². The molecule has 0 aliphatic carbocycles. The first-order valence-electron chi connectivity index (χ1n) is 6.53. The van der Waals surface area contributed by atoms with Crippen LogP contribution in [0.5, 0.6) is 0 Å². The van der Waals surface area contributed by atoms with Gasteiger partial charge in [0.2, 0.25) is 0 Å². The van der Waals surface area contributed by atoms with E-state index in [0.717, 1.165) is 16.6 Å². The Morgan fingerprint density at radius 2 is 2.05 bits per heavy atom. The molecule has 1 heterocycles. The number of carbonyl (C=O) groups is 1. The van der Waals surface area contributed by atoms with Gasteiger partial charge in [-0.15, -0.1) is 0 Å². The first kappa shape index (κ1) is 13.4. The van der Waals surface area contributed by atoms with Gasteiger partial charge >= 0.3 is 5.97 Å². The number of benzene rings is 1. The van der Waals surface area contributed by atoms with Crippen LogP contribution in [0.1, 0.15) is 36.8 Å². The van der Waals surface area contributed by atoms with Crippen molar-refractivity contribution in [2.75, 3.05) is 6.61 Å². The van der Waals surface area contributed by atoms with E-state index in [1.807, 2.05) is 45.0 Å². The third-order valence-electron chi connectivity index (χ3n) is 2.98. The molecule has 1 aromatic heterocycles. The Balaban J connectivity index is 2.51. The Bertz CT molecular complexity index is 619. The number of fused-ring (bicyclic) bond motifs is 1. The van der Waals surface area contributed by atoms with Gasteiger partial charge in [0.15, 0.2) is 0 Å². The molecule has 19 heavy (non-hydrogen) atoms. The van der Waals surface area contributed by atoms with E-state index < -0.39 is 0 Å². The molecule has 2 rings (SSSR count). The van der Waals surface area contributed by atoms with Gasteiger partial charge in [-0.1, -0.05) is 29.8 Å². The molecule has 0 fully saturated rings. The van der Waals surface area contributed by atoms with E-state index in [4.69, 9.17) is 4.74 Å². The normalized spacial score (nSPS) is 10.5. The van der Waals surface area contributed by atoms with Gasteiger partial charge in [0, 0.05) is 23.0 Å². The summed E-state index contributed by atoms with van der Waals surface area (Å²) < 4.78 is 5.16. The highest BCUT2D eigenvalue weighted by molar-refractivity contribution is 6.05. The molecule has 0 spiro atoms. The number of hydrogen-bond acceptors (Lipinski definition) is 2. The summed E-state index contributed by atoms with van der Waals surface area (Å²) in [7, 11) is 0. The molecule has 3 heteroatoms. The molecule has 100 valence electrons. The number of aromatic amines is 1. The van der Waals surface area contributed by atoms with Crippen LogP contribution in [-0.2, 0) is 11.2 Å². The summed E-state index contributed by atoms with van der Waals surface area (Å²) in [6.07, 6.45) is 2.82. The average molecular weight is 257 g/mol. The minimum absolute atomic E-state index is 0.253. The minimum Gasteiger partial charge on any atom is -0.462 e. The molecule has 0 bridgehead atoms. The Morgan fingerprint density at radius 3 is 2.74 bits per heavy atom. The largest absolute Gasteiger partial charge is 0.462 e. The maximum atomic E-state index is 12.1. The van der Waals surface area contributed by atoms with Crippen LogP contribution in [0.2, 0.25) is 0 Å². The van der Waals surface area contributed by atoms with E-state index >= 15 is 0 Å². The molecule has 2 aromatic rings. The van der Waals surface area contributed by atoms with Gasteiger partial charge in [-0.2, -0.15) is 0 Å². The van der Waals surface area contributed by atoms with Crippen LogP contribution in [0.15, 0.2) is 35.9 Å². The number of hydrogen-bond donors (Lipinski definition) is 1. The zero-order valence-corrected chi connectivity index (χ0v) is 11.6.